The molecule has 0 spiro atoms. The largest absolute Gasteiger partial charge is 0.388 e. The Morgan fingerprint density at radius 3 is 2.74 bits per heavy atom. The van der Waals surface area contributed by atoms with Crippen LogP contribution in [0.2, 0.25) is 0 Å². The number of fused-ring (bicyclic) bond motifs is 1. The van der Waals surface area contributed by atoms with Crippen LogP contribution in [0.5, 0.6) is 0 Å². The van der Waals surface area contributed by atoms with Gasteiger partial charge in [-0.25, -0.2) is 4.52 Å². The summed E-state index contributed by atoms with van der Waals surface area (Å²) in [7, 11) is 0. The van der Waals surface area contributed by atoms with E-state index in [0.29, 0.717) is 6.42 Å². The van der Waals surface area contributed by atoms with Crippen molar-refractivity contribution in [1.82, 2.24) is 9.61 Å². The molecule has 0 aliphatic heterocycles. The Bertz CT molecular complexity index is 691. The summed E-state index contributed by atoms with van der Waals surface area (Å²) < 4.78 is 2.82. The second-order valence-corrected chi connectivity index (χ2v) is 5.39. The van der Waals surface area contributed by atoms with Crippen molar-refractivity contribution in [3.05, 3.63) is 70.5 Å². The van der Waals surface area contributed by atoms with Crippen LogP contribution in [0.3, 0.4) is 0 Å². The third kappa shape index (κ3) is 2.55. The molecule has 0 aliphatic carbocycles. The molecule has 1 atom stereocenters. The maximum Gasteiger partial charge on any atom is 0.0867 e. The van der Waals surface area contributed by atoms with E-state index in [-0.39, 0.29) is 0 Å². The second-order valence-electron chi connectivity index (χ2n) is 4.48. The molecule has 2 heterocycles. The van der Waals surface area contributed by atoms with Gasteiger partial charge >= 0.3 is 0 Å². The SMILES string of the molecule is OC(Cc1ccc(Br)cc1)c1cnn2ccccc12. The maximum absolute atomic E-state index is 10.4. The van der Waals surface area contributed by atoms with Crippen molar-refractivity contribution in [3.8, 4) is 0 Å². The minimum Gasteiger partial charge on any atom is -0.388 e. The summed E-state index contributed by atoms with van der Waals surface area (Å²) in [5, 5.41) is 14.6. The zero-order chi connectivity index (χ0) is 13.2. The molecule has 1 unspecified atom stereocenters. The Kier molecular flexibility index (Phi) is 3.36. The van der Waals surface area contributed by atoms with Gasteiger partial charge in [-0.2, -0.15) is 5.10 Å². The molecule has 96 valence electrons. The van der Waals surface area contributed by atoms with Gasteiger partial charge in [0.25, 0.3) is 0 Å². The predicted molar refractivity (Wildman–Crippen MR) is 78.0 cm³/mol. The van der Waals surface area contributed by atoms with E-state index in [9.17, 15) is 5.11 Å². The van der Waals surface area contributed by atoms with Crippen molar-refractivity contribution in [3.63, 3.8) is 0 Å². The van der Waals surface area contributed by atoms with E-state index in [1.165, 1.54) is 0 Å². The van der Waals surface area contributed by atoms with Gasteiger partial charge in [0.05, 0.1) is 17.8 Å². The normalized spacial score (nSPS) is 12.7. The lowest BCUT2D eigenvalue weighted by molar-refractivity contribution is 0.180. The summed E-state index contributed by atoms with van der Waals surface area (Å²) in [4.78, 5) is 0. The molecular formula is C15H13BrN2O. The molecule has 3 nitrogen and oxygen atoms in total. The molecule has 1 aromatic carbocycles. The minimum atomic E-state index is -0.541. The molecule has 0 bridgehead atoms. The van der Waals surface area contributed by atoms with Crippen LogP contribution in [0, 0.1) is 0 Å². The van der Waals surface area contributed by atoms with Gasteiger partial charge in [-0.05, 0) is 29.8 Å². The van der Waals surface area contributed by atoms with Gasteiger partial charge in [-0.15, -0.1) is 0 Å². The molecule has 3 aromatic rings. The minimum absolute atomic E-state index is 0.541. The zero-order valence-electron chi connectivity index (χ0n) is 10.2. The smallest absolute Gasteiger partial charge is 0.0867 e. The standard InChI is InChI=1S/C15H13BrN2O/c16-12-6-4-11(5-7-12)9-15(19)13-10-17-18-8-2-1-3-14(13)18/h1-8,10,15,19H,9H2. The van der Waals surface area contributed by atoms with Crippen LogP contribution < -0.4 is 0 Å². The molecule has 0 fully saturated rings. The lowest BCUT2D eigenvalue weighted by Crippen LogP contribution is -2.01. The van der Waals surface area contributed by atoms with Crippen LogP contribution in [-0.4, -0.2) is 14.7 Å². The fraction of sp³-hybridized carbons (Fsp3) is 0.133. The first kappa shape index (κ1) is 12.4. The van der Waals surface area contributed by atoms with Crippen molar-refractivity contribution in [2.24, 2.45) is 0 Å². The first-order chi connectivity index (χ1) is 9.24. The van der Waals surface area contributed by atoms with E-state index in [1.807, 2.05) is 48.7 Å². The van der Waals surface area contributed by atoms with Gasteiger partial charge in [-0.1, -0.05) is 34.1 Å². The summed E-state index contributed by atoms with van der Waals surface area (Å²) in [6, 6.07) is 13.8. The number of halogens is 1. The van der Waals surface area contributed by atoms with Crippen LogP contribution in [0.4, 0.5) is 0 Å². The number of benzene rings is 1. The highest BCUT2D eigenvalue weighted by Gasteiger charge is 2.13. The summed E-state index contributed by atoms with van der Waals surface area (Å²) in [5.41, 5.74) is 2.92. The van der Waals surface area contributed by atoms with E-state index >= 15 is 0 Å². The molecule has 0 saturated carbocycles. The van der Waals surface area contributed by atoms with Gasteiger partial charge < -0.3 is 5.11 Å². The molecule has 4 heteroatoms. The summed E-state index contributed by atoms with van der Waals surface area (Å²) in [6.45, 7) is 0. The lowest BCUT2D eigenvalue weighted by atomic mass is 10.0. The average molecular weight is 317 g/mol. The van der Waals surface area contributed by atoms with Gasteiger partial charge in [0.2, 0.25) is 0 Å². The molecule has 1 N–H and O–H groups in total. The van der Waals surface area contributed by atoms with Crippen LogP contribution in [-0.2, 0) is 6.42 Å². The first-order valence-corrected chi connectivity index (χ1v) is 6.88. The molecule has 0 saturated heterocycles. The maximum atomic E-state index is 10.4. The molecule has 0 radical (unpaired) electrons. The van der Waals surface area contributed by atoms with Gasteiger partial charge in [-0.3, -0.25) is 0 Å². The number of hydrogen-bond acceptors (Lipinski definition) is 2. The zero-order valence-corrected chi connectivity index (χ0v) is 11.8. The van der Waals surface area contributed by atoms with E-state index in [1.54, 1.807) is 10.7 Å². The van der Waals surface area contributed by atoms with Gasteiger partial charge in [0, 0.05) is 22.7 Å². The monoisotopic (exact) mass is 316 g/mol. The Balaban J connectivity index is 1.87. The summed E-state index contributed by atoms with van der Waals surface area (Å²) in [5.74, 6) is 0. The summed E-state index contributed by atoms with van der Waals surface area (Å²) in [6.07, 6.45) is 3.66. The van der Waals surface area contributed by atoms with Crippen molar-refractivity contribution < 1.29 is 5.11 Å². The number of nitrogens with zero attached hydrogens (tertiary/aromatic N) is 2. The van der Waals surface area contributed by atoms with Crippen molar-refractivity contribution in [2.75, 3.05) is 0 Å². The van der Waals surface area contributed by atoms with Crippen LogP contribution >= 0.6 is 15.9 Å². The van der Waals surface area contributed by atoms with Crippen LogP contribution in [0.25, 0.3) is 5.52 Å². The predicted octanol–water partition coefficient (Wildman–Crippen LogP) is 3.37. The van der Waals surface area contributed by atoms with Crippen molar-refractivity contribution >= 4 is 21.4 Å². The fourth-order valence-corrected chi connectivity index (χ4v) is 2.43. The van der Waals surface area contributed by atoms with E-state index in [4.69, 9.17) is 0 Å². The molecule has 2 aromatic heterocycles. The van der Waals surface area contributed by atoms with Crippen LogP contribution in [0.1, 0.15) is 17.2 Å². The lowest BCUT2D eigenvalue weighted by Gasteiger charge is -2.09. The molecular weight excluding hydrogens is 304 g/mol. The number of hydrogen-bond donors (Lipinski definition) is 1. The van der Waals surface area contributed by atoms with Gasteiger partial charge in [0.1, 0.15) is 0 Å². The molecule has 3 rings (SSSR count). The van der Waals surface area contributed by atoms with Crippen molar-refractivity contribution in [1.29, 1.82) is 0 Å². The average Bonchev–Trinajstić information content (AvgIpc) is 2.85. The van der Waals surface area contributed by atoms with Gasteiger partial charge in [0.15, 0.2) is 0 Å². The Morgan fingerprint density at radius 1 is 1.16 bits per heavy atom. The highest BCUT2D eigenvalue weighted by molar-refractivity contribution is 9.10. The van der Waals surface area contributed by atoms with E-state index < -0.39 is 6.10 Å². The number of aliphatic hydroxyl groups is 1. The van der Waals surface area contributed by atoms with Crippen LogP contribution in [0.15, 0.2) is 59.3 Å². The number of rotatable bonds is 3. The molecule has 19 heavy (non-hydrogen) atoms. The second kappa shape index (κ2) is 5.15. The first-order valence-electron chi connectivity index (χ1n) is 6.09. The Morgan fingerprint density at radius 2 is 1.95 bits per heavy atom. The number of pyridine rings is 1. The number of aromatic nitrogens is 2. The third-order valence-corrected chi connectivity index (χ3v) is 3.69. The summed E-state index contributed by atoms with van der Waals surface area (Å²) >= 11 is 3.41. The van der Waals surface area contributed by atoms with E-state index in [2.05, 4.69) is 21.0 Å². The molecule has 0 aliphatic rings. The third-order valence-electron chi connectivity index (χ3n) is 3.16. The molecule has 0 amide bonds. The fourth-order valence-electron chi connectivity index (χ4n) is 2.16. The quantitative estimate of drug-likeness (QED) is 0.804. The highest BCUT2D eigenvalue weighted by Crippen LogP contribution is 2.23. The topological polar surface area (TPSA) is 37.5 Å². The highest BCUT2D eigenvalue weighted by atomic mass is 79.9. The van der Waals surface area contributed by atoms with Crippen molar-refractivity contribution in [2.45, 2.75) is 12.5 Å². The Hall–Kier alpha value is -1.65. The van der Waals surface area contributed by atoms with E-state index in [0.717, 1.165) is 21.1 Å². The Labute approximate surface area is 119 Å². The number of aliphatic hydroxyl groups excluding tert-OH is 1.